The van der Waals surface area contributed by atoms with Crippen molar-refractivity contribution in [3.63, 3.8) is 0 Å². The predicted octanol–water partition coefficient (Wildman–Crippen LogP) is 1.37. The Morgan fingerprint density at radius 1 is 1.15 bits per heavy atom. The lowest BCUT2D eigenvalue weighted by Crippen LogP contribution is -2.47. The topological polar surface area (TPSA) is 67.4 Å². The first kappa shape index (κ1) is 15.3. The van der Waals surface area contributed by atoms with Crippen LogP contribution in [0.2, 0.25) is 0 Å². The lowest BCUT2D eigenvalue weighted by molar-refractivity contribution is -0.137. The highest BCUT2D eigenvalue weighted by molar-refractivity contribution is 6.07. The number of hydrogen-bond acceptors (Lipinski definition) is 3. The van der Waals surface area contributed by atoms with Gasteiger partial charge in [0.1, 0.15) is 5.41 Å². The zero-order valence-electron chi connectivity index (χ0n) is 12.4. The van der Waals surface area contributed by atoms with E-state index < -0.39 is 5.41 Å². The van der Waals surface area contributed by atoms with Crippen molar-refractivity contribution in [3.8, 4) is 0 Å². The zero-order chi connectivity index (χ0) is 14.4. The minimum atomic E-state index is -0.773. The van der Waals surface area contributed by atoms with Gasteiger partial charge in [-0.15, -0.1) is 0 Å². The van der Waals surface area contributed by atoms with Gasteiger partial charge in [-0.2, -0.15) is 0 Å². The van der Waals surface area contributed by atoms with E-state index >= 15 is 0 Å². The number of methoxy groups -OCH3 is 1. The van der Waals surface area contributed by atoms with Crippen LogP contribution in [-0.4, -0.2) is 38.1 Å². The Kier molecular flexibility index (Phi) is 5.40. The second-order valence-electron chi connectivity index (χ2n) is 5.99. The Balaban J connectivity index is 1.77. The zero-order valence-corrected chi connectivity index (χ0v) is 12.4. The van der Waals surface area contributed by atoms with Crippen LogP contribution in [0.15, 0.2) is 0 Å². The lowest BCUT2D eigenvalue weighted by atomic mass is 9.94. The van der Waals surface area contributed by atoms with Crippen molar-refractivity contribution in [2.45, 2.75) is 57.4 Å². The molecule has 0 atom stereocenters. The highest BCUT2D eigenvalue weighted by Crippen LogP contribution is 2.46. The molecule has 0 bridgehead atoms. The fraction of sp³-hybridized carbons (Fsp3) is 0.867. The molecule has 114 valence electrons. The van der Waals surface area contributed by atoms with Crippen LogP contribution >= 0.6 is 0 Å². The van der Waals surface area contributed by atoms with Crippen molar-refractivity contribution in [1.82, 2.24) is 10.6 Å². The summed E-state index contributed by atoms with van der Waals surface area (Å²) in [6, 6.07) is 0.273. The van der Waals surface area contributed by atoms with E-state index in [-0.39, 0.29) is 17.9 Å². The third-order valence-electron chi connectivity index (χ3n) is 4.37. The molecular weight excluding hydrogens is 256 g/mol. The van der Waals surface area contributed by atoms with Crippen LogP contribution in [0.4, 0.5) is 0 Å². The fourth-order valence-electron chi connectivity index (χ4n) is 2.84. The molecule has 0 aromatic carbocycles. The van der Waals surface area contributed by atoms with Gasteiger partial charge in [-0.3, -0.25) is 9.59 Å². The van der Waals surface area contributed by atoms with E-state index in [1.165, 1.54) is 19.3 Å². The van der Waals surface area contributed by atoms with Crippen LogP contribution in [0.5, 0.6) is 0 Å². The molecule has 20 heavy (non-hydrogen) atoms. The van der Waals surface area contributed by atoms with Crippen LogP contribution in [-0.2, 0) is 14.3 Å². The minimum Gasteiger partial charge on any atom is -0.385 e. The van der Waals surface area contributed by atoms with Crippen LogP contribution in [0, 0.1) is 5.41 Å². The first-order chi connectivity index (χ1) is 9.69. The van der Waals surface area contributed by atoms with E-state index in [9.17, 15) is 9.59 Å². The molecule has 2 fully saturated rings. The molecule has 0 heterocycles. The molecule has 2 aliphatic rings. The Labute approximate surface area is 120 Å². The van der Waals surface area contributed by atoms with Crippen molar-refractivity contribution >= 4 is 11.8 Å². The highest BCUT2D eigenvalue weighted by Gasteiger charge is 2.56. The van der Waals surface area contributed by atoms with Gasteiger partial charge in [0.25, 0.3) is 0 Å². The second kappa shape index (κ2) is 7.07. The highest BCUT2D eigenvalue weighted by atomic mass is 16.5. The van der Waals surface area contributed by atoms with Crippen molar-refractivity contribution in [2.24, 2.45) is 5.41 Å². The molecule has 5 nitrogen and oxygen atoms in total. The molecule has 2 saturated carbocycles. The summed E-state index contributed by atoms with van der Waals surface area (Å²) >= 11 is 0. The second-order valence-corrected chi connectivity index (χ2v) is 5.99. The van der Waals surface area contributed by atoms with E-state index in [2.05, 4.69) is 10.6 Å². The van der Waals surface area contributed by atoms with Crippen LogP contribution in [0.1, 0.15) is 51.4 Å². The van der Waals surface area contributed by atoms with E-state index in [1.54, 1.807) is 7.11 Å². The van der Waals surface area contributed by atoms with E-state index in [4.69, 9.17) is 4.74 Å². The molecule has 2 amide bonds. The number of carbonyl (C=O) groups is 2. The van der Waals surface area contributed by atoms with Gasteiger partial charge in [0.2, 0.25) is 11.8 Å². The van der Waals surface area contributed by atoms with E-state index in [0.717, 1.165) is 19.3 Å². The first-order valence-corrected chi connectivity index (χ1v) is 7.77. The maximum atomic E-state index is 12.3. The molecule has 2 N–H and O–H groups in total. The van der Waals surface area contributed by atoms with Crippen molar-refractivity contribution in [3.05, 3.63) is 0 Å². The summed E-state index contributed by atoms with van der Waals surface area (Å²) < 4.78 is 4.94. The standard InChI is InChI=1S/C15H26N2O3/c1-20-11-5-10-16-13(18)15(8-9-15)14(19)17-12-6-3-2-4-7-12/h12H,2-11H2,1H3,(H,16,18)(H,17,19). The first-order valence-electron chi connectivity index (χ1n) is 7.77. The third kappa shape index (κ3) is 3.72. The number of ether oxygens (including phenoxy) is 1. The molecule has 2 rings (SSSR count). The smallest absolute Gasteiger partial charge is 0.235 e. The lowest BCUT2D eigenvalue weighted by Gasteiger charge is -2.25. The average molecular weight is 282 g/mol. The molecule has 0 aromatic rings. The number of carbonyl (C=O) groups excluding carboxylic acids is 2. The van der Waals surface area contributed by atoms with Gasteiger partial charge in [0.15, 0.2) is 0 Å². The van der Waals surface area contributed by atoms with E-state index in [0.29, 0.717) is 26.0 Å². The van der Waals surface area contributed by atoms with Gasteiger partial charge in [-0.1, -0.05) is 19.3 Å². The Bertz CT molecular complexity index is 347. The summed E-state index contributed by atoms with van der Waals surface area (Å²) in [5.74, 6) is -0.171. The summed E-state index contributed by atoms with van der Waals surface area (Å²) in [5, 5.41) is 5.94. The Morgan fingerprint density at radius 3 is 2.45 bits per heavy atom. The van der Waals surface area contributed by atoms with Gasteiger partial charge in [-0.25, -0.2) is 0 Å². The van der Waals surface area contributed by atoms with Crippen LogP contribution in [0.3, 0.4) is 0 Å². The van der Waals surface area contributed by atoms with Gasteiger partial charge in [0.05, 0.1) is 0 Å². The quantitative estimate of drug-likeness (QED) is 0.547. The molecule has 5 heteroatoms. The maximum absolute atomic E-state index is 12.3. The molecule has 0 aromatic heterocycles. The van der Waals surface area contributed by atoms with Crippen molar-refractivity contribution in [1.29, 1.82) is 0 Å². The minimum absolute atomic E-state index is 0.0614. The van der Waals surface area contributed by atoms with Crippen molar-refractivity contribution in [2.75, 3.05) is 20.3 Å². The molecule has 2 aliphatic carbocycles. The summed E-state index contributed by atoms with van der Waals surface area (Å²) in [6.07, 6.45) is 7.88. The summed E-state index contributed by atoms with van der Waals surface area (Å²) in [7, 11) is 1.64. The van der Waals surface area contributed by atoms with E-state index in [1.807, 2.05) is 0 Å². The normalized spacial score (nSPS) is 21.2. The molecule has 0 saturated heterocycles. The van der Waals surface area contributed by atoms with Gasteiger partial charge in [0, 0.05) is 26.3 Å². The third-order valence-corrected chi connectivity index (χ3v) is 4.37. The monoisotopic (exact) mass is 282 g/mol. The Hall–Kier alpha value is -1.10. The fourth-order valence-corrected chi connectivity index (χ4v) is 2.84. The van der Waals surface area contributed by atoms with Crippen LogP contribution < -0.4 is 10.6 Å². The molecular formula is C15H26N2O3. The molecule has 0 radical (unpaired) electrons. The summed E-state index contributed by atoms with van der Waals surface area (Å²) in [4.78, 5) is 24.5. The number of nitrogens with one attached hydrogen (secondary N) is 2. The van der Waals surface area contributed by atoms with Gasteiger partial charge >= 0.3 is 0 Å². The van der Waals surface area contributed by atoms with Gasteiger partial charge in [-0.05, 0) is 32.1 Å². The van der Waals surface area contributed by atoms with Gasteiger partial charge < -0.3 is 15.4 Å². The molecule has 0 unspecified atom stereocenters. The number of rotatable bonds is 7. The SMILES string of the molecule is COCCCNC(=O)C1(C(=O)NC2CCCCC2)CC1. The molecule has 0 aliphatic heterocycles. The largest absolute Gasteiger partial charge is 0.385 e. The summed E-state index contributed by atoms with van der Waals surface area (Å²) in [5.41, 5.74) is -0.773. The van der Waals surface area contributed by atoms with Crippen molar-refractivity contribution < 1.29 is 14.3 Å². The maximum Gasteiger partial charge on any atom is 0.235 e. The van der Waals surface area contributed by atoms with Crippen LogP contribution in [0.25, 0.3) is 0 Å². The summed E-state index contributed by atoms with van der Waals surface area (Å²) in [6.45, 7) is 1.20. The number of hydrogen-bond donors (Lipinski definition) is 2. The predicted molar refractivity (Wildman–Crippen MR) is 76.2 cm³/mol. The average Bonchev–Trinajstić information content (AvgIpc) is 3.26. The Morgan fingerprint density at radius 2 is 1.85 bits per heavy atom. The molecule has 0 spiro atoms. The number of amides is 2.